The smallest absolute Gasteiger partial charge is 0.0992 e. The number of halogens is 2. The van der Waals surface area contributed by atoms with E-state index in [4.69, 9.17) is 34.2 Å². The predicted octanol–water partition coefficient (Wildman–Crippen LogP) is 4.60. The molecule has 5 heteroatoms. The Morgan fingerprint density at radius 2 is 1.83 bits per heavy atom. The van der Waals surface area contributed by atoms with Crippen LogP contribution < -0.4 is 5.73 Å². The monoisotopic (exact) mass is 294 g/mol. The van der Waals surface area contributed by atoms with Gasteiger partial charge in [-0.1, -0.05) is 35.0 Å². The van der Waals surface area contributed by atoms with Gasteiger partial charge in [-0.3, -0.25) is 0 Å². The van der Waals surface area contributed by atoms with E-state index in [1.54, 1.807) is 36.4 Å². The summed E-state index contributed by atoms with van der Waals surface area (Å²) in [6.07, 6.45) is 0. The summed E-state index contributed by atoms with van der Waals surface area (Å²) in [5.74, 6) is 0. The first-order valence-electron chi connectivity index (χ1n) is 5.02. The third kappa shape index (κ3) is 2.91. The maximum absolute atomic E-state index is 8.87. The van der Waals surface area contributed by atoms with Gasteiger partial charge in [-0.25, -0.2) is 0 Å². The Balaban J connectivity index is 2.39. The van der Waals surface area contributed by atoms with Gasteiger partial charge in [0.05, 0.1) is 16.7 Å². The summed E-state index contributed by atoms with van der Waals surface area (Å²) in [4.78, 5) is 1.60. The fourth-order valence-electron chi connectivity index (χ4n) is 1.37. The van der Waals surface area contributed by atoms with Gasteiger partial charge in [0.25, 0.3) is 0 Å². The minimum absolute atomic E-state index is 0.560. The van der Waals surface area contributed by atoms with Crippen molar-refractivity contribution >= 4 is 40.7 Å². The van der Waals surface area contributed by atoms with E-state index in [1.165, 1.54) is 11.8 Å². The van der Waals surface area contributed by atoms with Gasteiger partial charge in [-0.15, -0.1) is 0 Å². The zero-order valence-corrected chi connectivity index (χ0v) is 11.5. The standard InChI is InChI=1S/C13H8Cl2N2S/c14-9-2-3-10(15)12(6-9)18-13-5-8(7-16)1-4-11(13)17/h1-6H,17H2. The Labute approximate surface area is 119 Å². The predicted molar refractivity (Wildman–Crippen MR) is 76.2 cm³/mol. The Hall–Kier alpha value is -1.34. The maximum atomic E-state index is 8.87. The normalized spacial score (nSPS) is 10.1. The molecule has 90 valence electrons. The minimum atomic E-state index is 0.560. The van der Waals surface area contributed by atoms with Crippen molar-refractivity contribution in [1.82, 2.24) is 0 Å². The Bertz CT molecular complexity index is 635. The maximum Gasteiger partial charge on any atom is 0.0992 e. The molecular formula is C13H8Cl2N2S. The van der Waals surface area contributed by atoms with Crippen LogP contribution in [0, 0.1) is 11.3 Å². The van der Waals surface area contributed by atoms with Gasteiger partial charge in [-0.05, 0) is 36.4 Å². The molecule has 0 aliphatic heterocycles. The number of hydrogen-bond acceptors (Lipinski definition) is 3. The molecule has 2 N–H and O–H groups in total. The molecular weight excluding hydrogens is 287 g/mol. The van der Waals surface area contributed by atoms with Gasteiger partial charge in [-0.2, -0.15) is 5.26 Å². The summed E-state index contributed by atoms with van der Waals surface area (Å²) >= 11 is 13.4. The van der Waals surface area contributed by atoms with E-state index in [1.807, 2.05) is 0 Å². The molecule has 2 aromatic carbocycles. The van der Waals surface area contributed by atoms with Crippen LogP contribution in [-0.4, -0.2) is 0 Å². The molecule has 0 saturated heterocycles. The third-order valence-electron chi connectivity index (χ3n) is 2.26. The molecule has 0 radical (unpaired) electrons. The number of rotatable bonds is 2. The summed E-state index contributed by atoms with van der Waals surface area (Å²) < 4.78 is 0. The van der Waals surface area contributed by atoms with E-state index < -0.39 is 0 Å². The average molecular weight is 295 g/mol. The molecule has 0 heterocycles. The first-order chi connectivity index (χ1) is 8.60. The number of benzene rings is 2. The highest BCUT2D eigenvalue weighted by Gasteiger charge is 2.07. The quantitative estimate of drug-likeness (QED) is 0.824. The van der Waals surface area contributed by atoms with Crippen molar-refractivity contribution in [2.45, 2.75) is 9.79 Å². The largest absolute Gasteiger partial charge is 0.398 e. The second-order valence-electron chi connectivity index (χ2n) is 3.54. The van der Waals surface area contributed by atoms with E-state index in [2.05, 4.69) is 6.07 Å². The lowest BCUT2D eigenvalue weighted by Crippen LogP contribution is -1.89. The molecule has 0 fully saturated rings. The number of nitrogen functional groups attached to an aromatic ring is 1. The molecule has 0 bridgehead atoms. The zero-order valence-electron chi connectivity index (χ0n) is 9.15. The average Bonchev–Trinajstić information content (AvgIpc) is 2.36. The molecule has 2 aromatic rings. The molecule has 18 heavy (non-hydrogen) atoms. The van der Waals surface area contributed by atoms with Gasteiger partial charge in [0.1, 0.15) is 0 Å². The summed E-state index contributed by atoms with van der Waals surface area (Å²) in [6.45, 7) is 0. The molecule has 0 aliphatic carbocycles. The van der Waals surface area contributed by atoms with Gasteiger partial charge in [0.2, 0.25) is 0 Å². The van der Waals surface area contributed by atoms with Crippen LogP contribution in [0.2, 0.25) is 10.0 Å². The van der Waals surface area contributed by atoms with Crippen molar-refractivity contribution in [2.24, 2.45) is 0 Å². The van der Waals surface area contributed by atoms with Crippen LogP contribution in [-0.2, 0) is 0 Å². The summed E-state index contributed by atoms with van der Waals surface area (Å²) in [7, 11) is 0. The first kappa shape index (κ1) is 13.1. The zero-order chi connectivity index (χ0) is 13.1. The van der Waals surface area contributed by atoms with Gasteiger partial charge >= 0.3 is 0 Å². The lowest BCUT2D eigenvalue weighted by Gasteiger charge is -2.07. The molecule has 0 amide bonds. The molecule has 2 rings (SSSR count). The summed E-state index contributed by atoms with van der Waals surface area (Å²) in [6, 6.07) is 12.4. The molecule has 0 unspecified atom stereocenters. The van der Waals surface area contributed by atoms with E-state index in [0.29, 0.717) is 21.3 Å². The van der Waals surface area contributed by atoms with Crippen molar-refractivity contribution in [2.75, 3.05) is 5.73 Å². The third-order valence-corrected chi connectivity index (χ3v) is 4.06. The highest BCUT2D eigenvalue weighted by Crippen LogP contribution is 2.37. The SMILES string of the molecule is N#Cc1ccc(N)c(Sc2cc(Cl)ccc2Cl)c1. The first-order valence-corrected chi connectivity index (χ1v) is 6.60. The van der Waals surface area contributed by atoms with Crippen molar-refractivity contribution < 1.29 is 0 Å². The fourth-order valence-corrected chi connectivity index (χ4v) is 2.80. The second-order valence-corrected chi connectivity index (χ2v) is 5.47. The molecule has 0 spiro atoms. The van der Waals surface area contributed by atoms with Crippen LogP contribution >= 0.6 is 35.0 Å². The van der Waals surface area contributed by atoms with Crippen LogP contribution in [0.15, 0.2) is 46.2 Å². The number of anilines is 1. The summed E-state index contributed by atoms with van der Waals surface area (Å²) in [5, 5.41) is 10.1. The molecule has 0 atom stereocenters. The van der Waals surface area contributed by atoms with Crippen LogP contribution in [0.3, 0.4) is 0 Å². The Morgan fingerprint density at radius 1 is 1.06 bits per heavy atom. The number of hydrogen-bond donors (Lipinski definition) is 1. The van der Waals surface area contributed by atoms with Gasteiger partial charge in [0.15, 0.2) is 0 Å². The summed E-state index contributed by atoms with van der Waals surface area (Å²) in [5.41, 5.74) is 7.04. The van der Waals surface area contributed by atoms with E-state index >= 15 is 0 Å². The fraction of sp³-hybridized carbons (Fsp3) is 0. The highest BCUT2D eigenvalue weighted by atomic mass is 35.5. The minimum Gasteiger partial charge on any atom is -0.398 e. The van der Waals surface area contributed by atoms with E-state index in [0.717, 1.165) is 9.79 Å². The van der Waals surface area contributed by atoms with Crippen molar-refractivity contribution in [3.8, 4) is 6.07 Å². The Morgan fingerprint density at radius 3 is 2.56 bits per heavy atom. The molecule has 0 aromatic heterocycles. The van der Waals surface area contributed by atoms with E-state index in [9.17, 15) is 0 Å². The lowest BCUT2D eigenvalue weighted by molar-refractivity contribution is 1.38. The molecule has 0 aliphatic rings. The van der Waals surface area contributed by atoms with Gasteiger partial charge < -0.3 is 5.73 Å². The Kier molecular flexibility index (Phi) is 4.03. The number of nitrogens with zero attached hydrogens (tertiary/aromatic N) is 1. The number of nitriles is 1. The van der Waals surface area contributed by atoms with Crippen molar-refractivity contribution in [3.05, 3.63) is 52.0 Å². The molecule has 0 saturated carbocycles. The second kappa shape index (κ2) is 5.53. The van der Waals surface area contributed by atoms with Crippen LogP contribution in [0.1, 0.15) is 5.56 Å². The van der Waals surface area contributed by atoms with Crippen LogP contribution in [0.25, 0.3) is 0 Å². The van der Waals surface area contributed by atoms with Gasteiger partial charge in [0, 0.05) is 20.5 Å². The topological polar surface area (TPSA) is 49.8 Å². The van der Waals surface area contributed by atoms with E-state index in [-0.39, 0.29) is 0 Å². The van der Waals surface area contributed by atoms with Crippen LogP contribution in [0.5, 0.6) is 0 Å². The van der Waals surface area contributed by atoms with Crippen molar-refractivity contribution in [1.29, 1.82) is 5.26 Å². The molecule has 2 nitrogen and oxygen atoms in total. The van der Waals surface area contributed by atoms with Crippen molar-refractivity contribution in [3.63, 3.8) is 0 Å². The van der Waals surface area contributed by atoms with Crippen LogP contribution in [0.4, 0.5) is 5.69 Å². The number of nitrogens with two attached hydrogens (primary N) is 1. The lowest BCUT2D eigenvalue weighted by atomic mass is 10.2. The highest BCUT2D eigenvalue weighted by molar-refractivity contribution is 7.99.